The highest BCUT2D eigenvalue weighted by atomic mass is 32.1. The third-order valence-corrected chi connectivity index (χ3v) is 4.30. The highest BCUT2D eigenvalue weighted by Gasteiger charge is 2.28. The van der Waals surface area contributed by atoms with Crippen molar-refractivity contribution in [2.24, 2.45) is 0 Å². The van der Waals surface area contributed by atoms with Gasteiger partial charge in [-0.15, -0.1) is 10.2 Å². The van der Waals surface area contributed by atoms with E-state index in [4.69, 9.17) is 0 Å². The molecule has 1 aliphatic carbocycles. The number of amides is 1. The summed E-state index contributed by atoms with van der Waals surface area (Å²) in [7, 11) is 0. The standard InChI is InChI=1S/C13H16N4OS/c1-2-10-16-17-11(19-10)7-15-13(18)12-9(5-6-14-12)8-3-4-8/h5-6,8,14H,2-4,7H2,1H3,(H,15,18). The molecule has 2 N–H and O–H groups in total. The molecule has 0 atom stereocenters. The number of rotatable bonds is 5. The summed E-state index contributed by atoms with van der Waals surface area (Å²) in [6, 6.07) is 2.01. The third kappa shape index (κ3) is 2.68. The van der Waals surface area contributed by atoms with Crippen molar-refractivity contribution in [1.82, 2.24) is 20.5 Å². The zero-order valence-corrected chi connectivity index (χ0v) is 11.6. The summed E-state index contributed by atoms with van der Waals surface area (Å²) < 4.78 is 0. The van der Waals surface area contributed by atoms with Crippen LogP contribution in [0.2, 0.25) is 0 Å². The number of aromatic amines is 1. The van der Waals surface area contributed by atoms with Crippen molar-refractivity contribution in [3.8, 4) is 0 Å². The molecule has 0 aliphatic heterocycles. The fourth-order valence-electron chi connectivity index (χ4n) is 2.06. The summed E-state index contributed by atoms with van der Waals surface area (Å²) in [6.07, 6.45) is 5.10. The van der Waals surface area contributed by atoms with Gasteiger partial charge in [0.15, 0.2) is 0 Å². The number of carbonyl (C=O) groups is 1. The minimum absolute atomic E-state index is 0.0554. The number of hydrogen-bond acceptors (Lipinski definition) is 4. The Morgan fingerprint density at radius 2 is 2.26 bits per heavy atom. The van der Waals surface area contributed by atoms with Crippen LogP contribution in [-0.4, -0.2) is 21.1 Å². The van der Waals surface area contributed by atoms with Gasteiger partial charge in [-0.25, -0.2) is 0 Å². The van der Waals surface area contributed by atoms with Crippen molar-refractivity contribution < 1.29 is 4.79 Å². The molecule has 100 valence electrons. The lowest BCUT2D eigenvalue weighted by molar-refractivity contribution is 0.0945. The first-order valence-corrected chi connectivity index (χ1v) is 7.36. The number of hydrogen-bond donors (Lipinski definition) is 2. The first-order valence-electron chi connectivity index (χ1n) is 6.54. The molecule has 1 saturated carbocycles. The van der Waals surface area contributed by atoms with Crippen LogP contribution in [0.3, 0.4) is 0 Å². The SMILES string of the molecule is CCc1nnc(CNC(=O)c2[nH]ccc2C2CC2)s1. The van der Waals surface area contributed by atoms with Crippen LogP contribution in [0.1, 0.15) is 51.8 Å². The summed E-state index contributed by atoms with van der Waals surface area (Å²) in [6.45, 7) is 2.49. The van der Waals surface area contributed by atoms with Crippen molar-refractivity contribution >= 4 is 17.2 Å². The molecule has 3 rings (SSSR count). The molecular formula is C13H16N4OS. The van der Waals surface area contributed by atoms with Gasteiger partial charge in [0.25, 0.3) is 5.91 Å². The Balaban J connectivity index is 1.63. The molecule has 0 bridgehead atoms. The number of aryl methyl sites for hydroxylation is 1. The Kier molecular flexibility index (Phi) is 3.33. The minimum Gasteiger partial charge on any atom is -0.357 e. The summed E-state index contributed by atoms with van der Waals surface area (Å²) in [5.41, 5.74) is 1.84. The van der Waals surface area contributed by atoms with Gasteiger partial charge in [0.1, 0.15) is 15.7 Å². The molecular weight excluding hydrogens is 260 g/mol. The first kappa shape index (κ1) is 12.3. The largest absolute Gasteiger partial charge is 0.357 e. The van der Waals surface area contributed by atoms with Crippen LogP contribution >= 0.6 is 11.3 Å². The average Bonchev–Trinajstić information content (AvgIpc) is 2.99. The van der Waals surface area contributed by atoms with Crippen LogP contribution in [0.15, 0.2) is 12.3 Å². The zero-order valence-electron chi connectivity index (χ0n) is 10.8. The van der Waals surface area contributed by atoms with Crippen molar-refractivity contribution in [3.63, 3.8) is 0 Å². The van der Waals surface area contributed by atoms with E-state index < -0.39 is 0 Å². The Morgan fingerprint density at radius 1 is 1.47 bits per heavy atom. The molecule has 1 amide bonds. The van der Waals surface area contributed by atoms with Gasteiger partial charge in [0.2, 0.25) is 0 Å². The van der Waals surface area contributed by atoms with Gasteiger partial charge in [-0.1, -0.05) is 18.3 Å². The molecule has 0 saturated heterocycles. The second-order valence-corrected chi connectivity index (χ2v) is 5.85. The van der Waals surface area contributed by atoms with E-state index in [1.807, 2.05) is 19.2 Å². The lowest BCUT2D eigenvalue weighted by Gasteiger charge is -2.03. The monoisotopic (exact) mass is 276 g/mol. The number of H-pyrrole nitrogens is 1. The molecule has 0 aromatic carbocycles. The molecule has 0 radical (unpaired) electrons. The van der Waals surface area contributed by atoms with Crippen molar-refractivity contribution in [3.05, 3.63) is 33.5 Å². The fourth-order valence-corrected chi connectivity index (χ4v) is 2.78. The second-order valence-electron chi connectivity index (χ2n) is 4.71. The maximum atomic E-state index is 12.1. The van der Waals surface area contributed by atoms with Crippen LogP contribution in [0, 0.1) is 0 Å². The van der Waals surface area contributed by atoms with E-state index in [1.165, 1.54) is 12.8 Å². The van der Waals surface area contributed by atoms with E-state index in [0.29, 0.717) is 18.2 Å². The average molecular weight is 276 g/mol. The van der Waals surface area contributed by atoms with Crippen LogP contribution in [0.25, 0.3) is 0 Å². The van der Waals surface area contributed by atoms with Gasteiger partial charge < -0.3 is 10.3 Å². The van der Waals surface area contributed by atoms with E-state index in [2.05, 4.69) is 20.5 Å². The third-order valence-electron chi connectivity index (χ3n) is 3.23. The Morgan fingerprint density at radius 3 is 2.95 bits per heavy atom. The number of carbonyl (C=O) groups excluding carboxylic acids is 1. The predicted molar refractivity (Wildman–Crippen MR) is 73.2 cm³/mol. The molecule has 1 fully saturated rings. The summed E-state index contributed by atoms with van der Waals surface area (Å²) >= 11 is 1.55. The summed E-state index contributed by atoms with van der Waals surface area (Å²) in [5.74, 6) is 0.514. The van der Waals surface area contributed by atoms with Crippen LogP contribution in [0.4, 0.5) is 0 Å². The normalized spacial score (nSPS) is 14.6. The quantitative estimate of drug-likeness (QED) is 0.879. The van der Waals surface area contributed by atoms with E-state index >= 15 is 0 Å². The molecule has 2 aromatic rings. The lowest BCUT2D eigenvalue weighted by Crippen LogP contribution is -2.24. The van der Waals surface area contributed by atoms with E-state index in [0.717, 1.165) is 22.0 Å². The second kappa shape index (κ2) is 5.13. The van der Waals surface area contributed by atoms with Crippen molar-refractivity contribution in [2.45, 2.75) is 38.6 Å². The lowest BCUT2D eigenvalue weighted by atomic mass is 10.1. The maximum absolute atomic E-state index is 12.1. The molecule has 19 heavy (non-hydrogen) atoms. The Bertz CT molecular complexity index is 585. The van der Waals surface area contributed by atoms with Crippen LogP contribution < -0.4 is 5.32 Å². The minimum atomic E-state index is -0.0554. The molecule has 5 nitrogen and oxygen atoms in total. The highest BCUT2D eigenvalue weighted by Crippen LogP contribution is 2.41. The van der Waals surface area contributed by atoms with Crippen molar-refractivity contribution in [2.75, 3.05) is 0 Å². The fraction of sp³-hybridized carbons (Fsp3) is 0.462. The molecule has 0 spiro atoms. The first-order chi connectivity index (χ1) is 9.28. The highest BCUT2D eigenvalue weighted by molar-refractivity contribution is 7.11. The molecule has 0 unspecified atom stereocenters. The summed E-state index contributed by atoms with van der Waals surface area (Å²) in [5, 5.41) is 12.8. The molecule has 2 aromatic heterocycles. The van der Waals surface area contributed by atoms with E-state index in [1.54, 1.807) is 11.3 Å². The maximum Gasteiger partial charge on any atom is 0.268 e. The molecule has 6 heteroatoms. The van der Waals surface area contributed by atoms with Gasteiger partial charge in [0, 0.05) is 6.20 Å². The topological polar surface area (TPSA) is 70.7 Å². The van der Waals surface area contributed by atoms with Crippen molar-refractivity contribution in [1.29, 1.82) is 0 Å². The number of nitrogens with zero attached hydrogens (tertiary/aromatic N) is 2. The summed E-state index contributed by atoms with van der Waals surface area (Å²) in [4.78, 5) is 15.2. The van der Waals surface area contributed by atoms with Gasteiger partial charge in [0.05, 0.1) is 6.54 Å². The zero-order chi connectivity index (χ0) is 13.2. The van der Waals surface area contributed by atoms with E-state index in [9.17, 15) is 4.79 Å². The predicted octanol–water partition coefficient (Wildman–Crippen LogP) is 2.24. The van der Waals surface area contributed by atoms with Crippen LogP contribution in [-0.2, 0) is 13.0 Å². The smallest absolute Gasteiger partial charge is 0.268 e. The van der Waals surface area contributed by atoms with Gasteiger partial charge in [-0.3, -0.25) is 4.79 Å². The van der Waals surface area contributed by atoms with Gasteiger partial charge >= 0.3 is 0 Å². The number of aromatic nitrogens is 3. The van der Waals surface area contributed by atoms with E-state index in [-0.39, 0.29) is 5.91 Å². The van der Waals surface area contributed by atoms with Crippen LogP contribution in [0.5, 0.6) is 0 Å². The molecule has 1 aliphatic rings. The van der Waals surface area contributed by atoms with Gasteiger partial charge in [-0.05, 0) is 36.8 Å². The number of nitrogens with one attached hydrogen (secondary N) is 2. The van der Waals surface area contributed by atoms with Gasteiger partial charge in [-0.2, -0.15) is 0 Å². The molecule has 2 heterocycles. The Labute approximate surface area is 115 Å². The Hall–Kier alpha value is -1.69.